The van der Waals surface area contributed by atoms with Crippen LogP contribution in [0.1, 0.15) is 11.1 Å². The molecule has 2 rings (SSSR count). The Morgan fingerprint density at radius 3 is 2.67 bits per heavy atom. The zero-order chi connectivity index (χ0) is 17.7. The number of anilines is 1. The number of aryl methyl sites for hydroxylation is 1. The summed E-state index contributed by atoms with van der Waals surface area (Å²) < 4.78 is 0. The Bertz CT molecular complexity index is 764. The molecular formula is C17H18ClN3O3. The summed E-state index contributed by atoms with van der Waals surface area (Å²) in [5, 5.41) is 14.3. The van der Waals surface area contributed by atoms with Gasteiger partial charge < -0.3 is 5.32 Å². The highest BCUT2D eigenvalue weighted by atomic mass is 35.5. The minimum atomic E-state index is -0.504. The Labute approximate surface area is 145 Å². The molecule has 0 saturated heterocycles. The SMILES string of the molecule is Cc1ccc(NC(=O)CN(C)Cc2ccccc2Cl)c([N+](=O)[O-])c1. The summed E-state index contributed by atoms with van der Waals surface area (Å²) >= 11 is 6.10. The summed E-state index contributed by atoms with van der Waals surface area (Å²) in [5.74, 6) is -0.323. The number of amides is 1. The third-order valence-electron chi connectivity index (χ3n) is 3.44. The quantitative estimate of drug-likeness (QED) is 0.639. The summed E-state index contributed by atoms with van der Waals surface area (Å²) in [6.45, 7) is 2.36. The van der Waals surface area contributed by atoms with E-state index in [4.69, 9.17) is 11.6 Å². The first-order valence-electron chi connectivity index (χ1n) is 7.33. The minimum absolute atomic E-state index is 0.0935. The highest BCUT2D eigenvalue weighted by Crippen LogP contribution is 2.25. The molecule has 2 aromatic rings. The second-order valence-electron chi connectivity index (χ2n) is 5.59. The lowest BCUT2D eigenvalue weighted by molar-refractivity contribution is -0.384. The van der Waals surface area contributed by atoms with Crippen molar-refractivity contribution >= 4 is 28.9 Å². The summed E-state index contributed by atoms with van der Waals surface area (Å²) in [6, 6.07) is 12.1. The molecule has 0 radical (unpaired) electrons. The summed E-state index contributed by atoms with van der Waals surface area (Å²) in [5.41, 5.74) is 1.75. The first-order valence-corrected chi connectivity index (χ1v) is 7.71. The van der Waals surface area contributed by atoms with Crippen molar-refractivity contribution in [2.24, 2.45) is 0 Å². The maximum absolute atomic E-state index is 12.1. The van der Waals surface area contributed by atoms with Crippen LogP contribution in [0.15, 0.2) is 42.5 Å². The molecule has 24 heavy (non-hydrogen) atoms. The molecule has 0 aromatic heterocycles. The number of carbonyl (C=O) groups is 1. The second-order valence-corrected chi connectivity index (χ2v) is 6.00. The topological polar surface area (TPSA) is 75.5 Å². The van der Waals surface area contributed by atoms with Gasteiger partial charge in [-0.15, -0.1) is 0 Å². The van der Waals surface area contributed by atoms with Gasteiger partial charge in [0.05, 0.1) is 11.5 Å². The van der Waals surface area contributed by atoms with Gasteiger partial charge in [-0.05, 0) is 37.2 Å². The highest BCUT2D eigenvalue weighted by Gasteiger charge is 2.17. The zero-order valence-electron chi connectivity index (χ0n) is 13.5. The van der Waals surface area contributed by atoms with Crippen molar-refractivity contribution in [3.05, 3.63) is 68.7 Å². The molecule has 2 aromatic carbocycles. The van der Waals surface area contributed by atoms with Gasteiger partial charge in [0, 0.05) is 17.6 Å². The van der Waals surface area contributed by atoms with Crippen LogP contribution < -0.4 is 5.32 Å². The van der Waals surface area contributed by atoms with Gasteiger partial charge in [0.2, 0.25) is 5.91 Å². The van der Waals surface area contributed by atoms with Crippen LogP contribution in [0.25, 0.3) is 0 Å². The molecule has 0 fully saturated rings. The smallest absolute Gasteiger partial charge is 0.293 e. The number of nitro benzene ring substituents is 1. The van der Waals surface area contributed by atoms with Crippen LogP contribution >= 0.6 is 11.6 Å². The van der Waals surface area contributed by atoms with E-state index in [-0.39, 0.29) is 23.8 Å². The Balaban J connectivity index is 2.01. The zero-order valence-corrected chi connectivity index (χ0v) is 14.2. The van der Waals surface area contributed by atoms with Crippen molar-refractivity contribution in [1.82, 2.24) is 4.90 Å². The highest BCUT2D eigenvalue weighted by molar-refractivity contribution is 6.31. The fourth-order valence-corrected chi connectivity index (χ4v) is 2.50. The van der Waals surface area contributed by atoms with Crippen LogP contribution in [0, 0.1) is 17.0 Å². The summed E-state index contributed by atoms with van der Waals surface area (Å²) in [4.78, 5) is 24.5. The van der Waals surface area contributed by atoms with Crippen LogP contribution in [-0.2, 0) is 11.3 Å². The number of carbonyl (C=O) groups excluding carboxylic acids is 1. The van der Waals surface area contributed by atoms with Gasteiger partial charge >= 0.3 is 0 Å². The molecule has 126 valence electrons. The van der Waals surface area contributed by atoms with Crippen LogP contribution in [0.4, 0.5) is 11.4 Å². The van der Waals surface area contributed by atoms with Crippen molar-refractivity contribution in [3.8, 4) is 0 Å². The van der Waals surface area contributed by atoms with Gasteiger partial charge in [0.15, 0.2) is 0 Å². The maximum atomic E-state index is 12.1. The van der Waals surface area contributed by atoms with Gasteiger partial charge in [-0.25, -0.2) is 0 Å². The fraction of sp³-hybridized carbons (Fsp3) is 0.235. The molecule has 0 aliphatic carbocycles. The number of benzene rings is 2. The van der Waals surface area contributed by atoms with E-state index in [1.54, 1.807) is 37.1 Å². The molecule has 1 N–H and O–H groups in total. The molecule has 0 unspecified atom stereocenters. The van der Waals surface area contributed by atoms with E-state index in [1.165, 1.54) is 6.07 Å². The standard InChI is InChI=1S/C17H18ClN3O3/c1-12-7-8-15(16(9-12)21(23)24)19-17(22)11-20(2)10-13-5-3-4-6-14(13)18/h3-9H,10-11H2,1-2H3,(H,19,22). The van der Waals surface area contributed by atoms with Gasteiger partial charge in [-0.3, -0.25) is 19.8 Å². The predicted molar refractivity (Wildman–Crippen MR) is 94.2 cm³/mol. The van der Waals surface area contributed by atoms with E-state index in [0.29, 0.717) is 11.6 Å². The van der Waals surface area contributed by atoms with Crippen LogP contribution in [0.5, 0.6) is 0 Å². The molecule has 7 heteroatoms. The average Bonchev–Trinajstić information content (AvgIpc) is 2.51. The number of hydrogen-bond acceptors (Lipinski definition) is 4. The number of nitrogens with one attached hydrogen (secondary N) is 1. The third kappa shape index (κ3) is 4.78. The molecule has 0 heterocycles. The van der Waals surface area contributed by atoms with E-state index in [0.717, 1.165) is 11.1 Å². The van der Waals surface area contributed by atoms with Crippen LogP contribution in [0.2, 0.25) is 5.02 Å². The first kappa shape index (κ1) is 17.9. The summed E-state index contributed by atoms with van der Waals surface area (Å²) in [6.07, 6.45) is 0. The maximum Gasteiger partial charge on any atom is 0.293 e. The van der Waals surface area contributed by atoms with Gasteiger partial charge in [-0.1, -0.05) is 35.9 Å². The van der Waals surface area contributed by atoms with Crippen LogP contribution in [0.3, 0.4) is 0 Å². The number of hydrogen-bond donors (Lipinski definition) is 1. The molecular weight excluding hydrogens is 330 g/mol. The summed E-state index contributed by atoms with van der Waals surface area (Å²) in [7, 11) is 1.78. The first-order chi connectivity index (χ1) is 11.4. The number of nitro groups is 1. The number of halogens is 1. The molecule has 0 atom stereocenters. The number of nitrogens with zero attached hydrogens (tertiary/aromatic N) is 2. The monoisotopic (exact) mass is 347 g/mol. The molecule has 0 spiro atoms. The lowest BCUT2D eigenvalue weighted by atomic mass is 10.2. The van der Waals surface area contributed by atoms with Crippen LogP contribution in [-0.4, -0.2) is 29.3 Å². The van der Waals surface area contributed by atoms with Crippen molar-refractivity contribution in [1.29, 1.82) is 0 Å². The Kier molecular flexibility index (Phi) is 5.89. The third-order valence-corrected chi connectivity index (χ3v) is 3.80. The Hall–Kier alpha value is -2.44. The normalized spacial score (nSPS) is 10.7. The number of likely N-dealkylation sites (N-methyl/N-ethyl adjacent to an activating group) is 1. The minimum Gasteiger partial charge on any atom is -0.319 e. The Morgan fingerprint density at radius 1 is 1.29 bits per heavy atom. The molecule has 0 bridgehead atoms. The number of rotatable bonds is 6. The van der Waals surface area contributed by atoms with Crippen molar-refractivity contribution in [2.45, 2.75) is 13.5 Å². The molecule has 0 aliphatic heterocycles. The van der Waals surface area contributed by atoms with Gasteiger partial charge in [0.25, 0.3) is 5.69 Å². The van der Waals surface area contributed by atoms with Crippen molar-refractivity contribution < 1.29 is 9.72 Å². The van der Waals surface area contributed by atoms with Crippen molar-refractivity contribution in [3.63, 3.8) is 0 Å². The van der Waals surface area contributed by atoms with E-state index in [2.05, 4.69) is 5.32 Å². The molecule has 0 aliphatic rings. The molecule has 1 amide bonds. The molecule has 6 nitrogen and oxygen atoms in total. The van der Waals surface area contributed by atoms with E-state index < -0.39 is 4.92 Å². The van der Waals surface area contributed by atoms with E-state index in [9.17, 15) is 14.9 Å². The predicted octanol–water partition coefficient (Wildman–Crippen LogP) is 3.63. The van der Waals surface area contributed by atoms with Crippen molar-refractivity contribution in [2.75, 3.05) is 18.9 Å². The fourth-order valence-electron chi connectivity index (χ4n) is 2.31. The van der Waals surface area contributed by atoms with Gasteiger partial charge in [0.1, 0.15) is 5.69 Å². The largest absolute Gasteiger partial charge is 0.319 e. The lowest BCUT2D eigenvalue weighted by Crippen LogP contribution is -2.30. The van der Waals surface area contributed by atoms with E-state index in [1.807, 2.05) is 18.2 Å². The lowest BCUT2D eigenvalue weighted by Gasteiger charge is -2.17. The molecule has 0 saturated carbocycles. The Morgan fingerprint density at radius 2 is 2.00 bits per heavy atom. The van der Waals surface area contributed by atoms with E-state index >= 15 is 0 Å². The average molecular weight is 348 g/mol. The second kappa shape index (κ2) is 7.90. The van der Waals surface area contributed by atoms with Gasteiger partial charge in [-0.2, -0.15) is 0 Å².